The molecule has 1 aliphatic carbocycles. The molecule has 3 unspecified atom stereocenters. The van der Waals surface area contributed by atoms with Gasteiger partial charge in [-0.2, -0.15) is 0 Å². The Kier molecular flexibility index (Phi) is 4.21. The van der Waals surface area contributed by atoms with Crippen molar-refractivity contribution in [1.29, 1.82) is 0 Å². The van der Waals surface area contributed by atoms with Crippen LogP contribution in [0.1, 0.15) is 30.4 Å². The van der Waals surface area contributed by atoms with Crippen molar-refractivity contribution in [3.8, 4) is 0 Å². The third-order valence-corrected chi connectivity index (χ3v) is 3.59. The third-order valence-electron chi connectivity index (χ3n) is 3.59. The molecule has 2 rings (SSSR count). The number of aryl methyl sites for hydroxylation is 2. The van der Waals surface area contributed by atoms with Crippen molar-refractivity contribution in [2.75, 3.05) is 6.61 Å². The lowest BCUT2D eigenvalue weighted by atomic mass is 9.83. The Bertz CT molecular complexity index is 436. The summed E-state index contributed by atoms with van der Waals surface area (Å²) in [4.78, 5) is 12.0. The first-order valence-electron chi connectivity index (χ1n) is 6.61. The highest BCUT2D eigenvalue weighted by Gasteiger charge is 2.40. The molecular weight excluding hydrogens is 246 g/mol. The standard InChI is InChI=1S/C13H21N3O3/c1-4-18-11-6-10(14)13(11)15-12(17)5-9-7(2)16-19-8(9)3/h10-11,13H,4-6,14H2,1-3H3,(H,15,17). The van der Waals surface area contributed by atoms with Crippen LogP contribution >= 0.6 is 0 Å². The van der Waals surface area contributed by atoms with Crippen LogP contribution in [0.25, 0.3) is 0 Å². The second kappa shape index (κ2) is 5.71. The zero-order valence-corrected chi connectivity index (χ0v) is 11.6. The lowest BCUT2D eigenvalue weighted by Gasteiger charge is -2.42. The summed E-state index contributed by atoms with van der Waals surface area (Å²) >= 11 is 0. The molecule has 0 aromatic carbocycles. The van der Waals surface area contributed by atoms with Crippen molar-refractivity contribution in [3.05, 3.63) is 17.0 Å². The molecule has 1 saturated carbocycles. The van der Waals surface area contributed by atoms with Crippen LogP contribution in [0.3, 0.4) is 0 Å². The van der Waals surface area contributed by atoms with Crippen molar-refractivity contribution in [2.24, 2.45) is 5.73 Å². The van der Waals surface area contributed by atoms with E-state index in [9.17, 15) is 4.79 Å². The maximum absolute atomic E-state index is 12.0. The van der Waals surface area contributed by atoms with E-state index < -0.39 is 0 Å². The number of nitrogens with one attached hydrogen (secondary N) is 1. The Morgan fingerprint density at radius 1 is 1.58 bits per heavy atom. The minimum Gasteiger partial charge on any atom is -0.376 e. The van der Waals surface area contributed by atoms with Crippen LogP contribution in [-0.2, 0) is 16.0 Å². The molecule has 1 fully saturated rings. The number of aromatic nitrogens is 1. The number of carbonyl (C=O) groups is 1. The van der Waals surface area contributed by atoms with E-state index in [1.165, 1.54) is 0 Å². The van der Waals surface area contributed by atoms with Gasteiger partial charge in [0.05, 0.1) is 24.3 Å². The fraction of sp³-hybridized carbons (Fsp3) is 0.692. The van der Waals surface area contributed by atoms with Gasteiger partial charge in [0.25, 0.3) is 0 Å². The van der Waals surface area contributed by atoms with Crippen LogP contribution in [0.2, 0.25) is 0 Å². The SMILES string of the molecule is CCOC1CC(N)C1NC(=O)Cc1c(C)noc1C. The number of hydrogen-bond acceptors (Lipinski definition) is 5. The third kappa shape index (κ3) is 2.96. The average Bonchev–Trinajstić information content (AvgIpc) is 2.68. The van der Waals surface area contributed by atoms with Crippen LogP contribution in [0.15, 0.2) is 4.52 Å². The Balaban J connectivity index is 1.91. The monoisotopic (exact) mass is 267 g/mol. The van der Waals surface area contributed by atoms with Gasteiger partial charge < -0.3 is 20.3 Å². The summed E-state index contributed by atoms with van der Waals surface area (Å²) in [5.74, 6) is 0.617. The number of ether oxygens (including phenoxy) is 1. The van der Waals surface area contributed by atoms with E-state index in [4.69, 9.17) is 15.0 Å². The number of nitrogens with two attached hydrogens (primary N) is 1. The van der Waals surface area contributed by atoms with Gasteiger partial charge in [0.15, 0.2) is 0 Å². The molecular formula is C13H21N3O3. The van der Waals surface area contributed by atoms with Gasteiger partial charge in [0, 0.05) is 18.2 Å². The normalized spacial score (nSPS) is 26.0. The molecule has 6 heteroatoms. The van der Waals surface area contributed by atoms with Crippen LogP contribution in [-0.4, -0.2) is 35.9 Å². The summed E-state index contributed by atoms with van der Waals surface area (Å²) in [5, 5.41) is 6.77. The lowest BCUT2D eigenvalue weighted by Crippen LogP contribution is -2.65. The Labute approximate surface area is 112 Å². The Hall–Kier alpha value is -1.40. The van der Waals surface area contributed by atoms with Crippen molar-refractivity contribution < 1.29 is 14.1 Å². The topological polar surface area (TPSA) is 90.4 Å². The van der Waals surface area contributed by atoms with E-state index in [2.05, 4.69) is 10.5 Å². The molecule has 1 heterocycles. The van der Waals surface area contributed by atoms with E-state index in [1.54, 1.807) is 6.92 Å². The second-order valence-electron chi connectivity index (χ2n) is 4.97. The average molecular weight is 267 g/mol. The molecule has 6 nitrogen and oxygen atoms in total. The summed E-state index contributed by atoms with van der Waals surface area (Å²) in [6.07, 6.45) is 1.10. The second-order valence-corrected chi connectivity index (χ2v) is 4.97. The zero-order chi connectivity index (χ0) is 14.0. The highest BCUT2D eigenvalue weighted by Crippen LogP contribution is 2.23. The highest BCUT2D eigenvalue weighted by atomic mass is 16.5. The maximum Gasteiger partial charge on any atom is 0.224 e. The van der Waals surface area contributed by atoms with E-state index in [-0.39, 0.29) is 30.5 Å². The number of nitrogens with zero attached hydrogens (tertiary/aromatic N) is 1. The summed E-state index contributed by atoms with van der Waals surface area (Å²) in [5.41, 5.74) is 7.50. The smallest absolute Gasteiger partial charge is 0.224 e. The first-order chi connectivity index (χ1) is 9.02. The predicted octanol–water partition coefficient (Wildman–Crippen LogP) is 0.455. The van der Waals surface area contributed by atoms with Crippen molar-refractivity contribution in [2.45, 2.75) is 51.8 Å². The first-order valence-corrected chi connectivity index (χ1v) is 6.61. The van der Waals surface area contributed by atoms with E-state index >= 15 is 0 Å². The molecule has 0 spiro atoms. The van der Waals surface area contributed by atoms with Gasteiger partial charge in [-0.15, -0.1) is 0 Å². The van der Waals surface area contributed by atoms with Crippen LogP contribution in [0, 0.1) is 13.8 Å². The van der Waals surface area contributed by atoms with Gasteiger partial charge in [-0.1, -0.05) is 5.16 Å². The zero-order valence-electron chi connectivity index (χ0n) is 11.6. The molecule has 0 saturated heterocycles. The lowest BCUT2D eigenvalue weighted by molar-refractivity contribution is -0.125. The fourth-order valence-electron chi connectivity index (χ4n) is 2.38. The molecule has 19 heavy (non-hydrogen) atoms. The number of amides is 1. The quantitative estimate of drug-likeness (QED) is 0.808. The van der Waals surface area contributed by atoms with Crippen LogP contribution in [0.5, 0.6) is 0 Å². The predicted molar refractivity (Wildman–Crippen MR) is 69.6 cm³/mol. The highest BCUT2D eigenvalue weighted by molar-refractivity contribution is 5.79. The van der Waals surface area contributed by atoms with Gasteiger partial charge in [-0.3, -0.25) is 4.79 Å². The molecule has 1 aliphatic rings. The van der Waals surface area contributed by atoms with Crippen LogP contribution < -0.4 is 11.1 Å². The molecule has 0 bridgehead atoms. The van der Waals surface area contributed by atoms with E-state index in [0.29, 0.717) is 12.4 Å². The fourth-order valence-corrected chi connectivity index (χ4v) is 2.38. The Morgan fingerprint density at radius 2 is 2.32 bits per heavy atom. The molecule has 1 amide bonds. The minimum atomic E-state index is -0.0899. The van der Waals surface area contributed by atoms with E-state index in [0.717, 1.165) is 17.7 Å². The van der Waals surface area contributed by atoms with Gasteiger partial charge in [-0.05, 0) is 27.2 Å². The molecule has 0 aliphatic heterocycles. The number of carbonyl (C=O) groups excluding carboxylic acids is 1. The molecule has 0 radical (unpaired) electrons. The summed E-state index contributed by atoms with van der Waals surface area (Å²) in [6, 6.07) is -0.113. The molecule has 3 N–H and O–H groups in total. The molecule has 106 valence electrons. The van der Waals surface area contributed by atoms with E-state index in [1.807, 2.05) is 13.8 Å². The summed E-state index contributed by atoms with van der Waals surface area (Å²) in [6.45, 7) is 6.21. The molecule has 1 aromatic rings. The van der Waals surface area contributed by atoms with Crippen molar-refractivity contribution in [1.82, 2.24) is 10.5 Å². The summed E-state index contributed by atoms with van der Waals surface area (Å²) < 4.78 is 10.6. The summed E-state index contributed by atoms with van der Waals surface area (Å²) in [7, 11) is 0. The van der Waals surface area contributed by atoms with Crippen LogP contribution in [0.4, 0.5) is 0 Å². The Morgan fingerprint density at radius 3 is 2.84 bits per heavy atom. The minimum absolute atomic E-state index is 0.0230. The largest absolute Gasteiger partial charge is 0.376 e. The van der Waals surface area contributed by atoms with Crippen molar-refractivity contribution in [3.63, 3.8) is 0 Å². The van der Waals surface area contributed by atoms with Gasteiger partial charge in [-0.25, -0.2) is 0 Å². The number of rotatable bonds is 5. The van der Waals surface area contributed by atoms with Crippen molar-refractivity contribution >= 4 is 5.91 Å². The van der Waals surface area contributed by atoms with Gasteiger partial charge in [0.1, 0.15) is 5.76 Å². The maximum atomic E-state index is 12.0. The molecule has 3 atom stereocenters. The first kappa shape index (κ1) is 14.0. The van der Waals surface area contributed by atoms with Gasteiger partial charge >= 0.3 is 0 Å². The number of hydrogen-bond donors (Lipinski definition) is 2. The van der Waals surface area contributed by atoms with Gasteiger partial charge in [0.2, 0.25) is 5.91 Å². The molecule has 1 aromatic heterocycles.